The van der Waals surface area contributed by atoms with Gasteiger partial charge in [-0.25, -0.2) is 0 Å². The fourth-order valence-corrected chi connectivity index (χ4v) is 2.57. The van der Waals surface area contributed by atoms with Crippen LogP contribution in [0.1, 0.15) is 26.7 Å². The first-order valence-electron chi connectivity index (χ1n) is 6.32. The third-order valence-corrected chi connectivity index (χ3v) is 3.86. The minimum Gasteiger partial charge on any atom is -0.345 e. The first-order chi connectivity index (χ1) is 7.97. The van der Waals surface area contributed by atoms with E-state index in [1.54, 1.807) is 4.90 Å². The van der Waals surface area contributed by atoms with Crippen LogP contribution >= 0.6 is 0 Å². The second-order valence-corrected chi connectivity index (χ2v) is 5.60. The molecule has 0 spiro atoms. The summed E-state index contributed by atoms with van der Waals surface area (Å²) in [5.41, 5.74) is 5.84. The van der Waals surface area contributed by atoms with Crippen LogP contribution in [-0.2, 0) is 9.59 Å². The summed E-state index contributed by atoms with van der Waals surface area (Å²) in [6.07, 6.45) is 1.96. The number of hydrogen-bond acceptors (Lipinski definition) is 3. The van der Waals surface area contributed by atoms with Gasteiger partial charge in [-0.05, 0) is 24.7 Å². The van der Waals surface area contributed by atoms with Crippen LogP contribution in [0.2, 0.25) is 0 Å². The molecule has 0 radical (unpaired) electrons. The van der Waals surface area contributed by atoms with Crippen molar-refractivity contribution in [3.05, 3.63) is 0 Å². The molecule has 0 aromatic carbocycles. The van der Waals surface area contributed by atoms with E-state index >= 15 is 0 Å². The molecule has 17 heavy (non-hydrogen) atoms. The Morgan fingerprint density at radius 3 is 2.35 bits per heavy atom. The summed E-state index contributed by atoms with van der Waals surface area (Å²) in [7, 11) is 0. The number of carbonyl (C=O) groups is 2. The minimum atomic E-state index is -0.469. The van der Waals surface area contributed by atoms with Crippen molar-refractivity contribution >= 4 is 11.8 Å². The lowest BCUT2D eigenvalue weighted by molar-refractivity contribution is -0.146. The molecule has 2 aliphatic rings. The van der Waals surface area contributed by atoms with E-state index in [2.05, 4.69) is 12.2 Å². The Morgan fingerprint density at radius 1 is 1.24 bits per heavy atom. The smallest absolute Gasteiger partial charge is 0.311 e. The first-order valence-corrected chi connectivity index (χ1v) is 6.32. The van der Waals surface area contributed by atoms with E-state index < -0.39 is 11.8 Å². The highest BCUT2D eigenvalue weighted by molar-refractivity contribution is 6.35. The molecule has 0 bridgehead atoms. The van der Waals surface area contributed by atoms with Crippen molar-refractivity contribution in [2.45, 2.75) is 38.8 Å². The van der Waals surface area contributed by atoms with Crippen LogP contribution in [0.4, 0.5) is 0 Å². The number of nitrogens with two attached hydrogens (primary N) is 1. The van der Waals surface area contributed by atoms with Gasteiger partial charge in [0.1, 0.15) is 0 Å². The number of amides is 2. The molecule has 5 heteroatoms. The molecule has 96 valence electrons. The molecular formula is C12H21N3O2. The topological polar surface area (TPSA) is 75.4 Å². The van der Waals surface area contributed by atoms with Crippen molar-refractivity contribution < 1.29 is 9.59 Å². The second-order valence-electron chi connectivity index (χ2n) is 5.60. The second kappa shape index (κ2) is 4.64. The van der Waals surface area contributed by atoms with Crippen LogP contribution in [0.25, 0.3) is 0 Å². The number of nitrogens with one attached hydrogen (secondary N) is 1. The summed E-state index contributed by atoms with van der Waals surface area (Å²) in [5, 5.41) is 2.78. The van der Waals surface area contributed by atoms with Gasteiger partial charge in [-0.2, -0.15) is 0 Å². The van der Waals surface area contributed by atoms with Gasteiger partial charge in [0.25, 0.3) is 0 Å². The molecule has 1 saturated heterocycles. The Hall–Kier alpha value is -1.10. The molecule has 2 atom stereocenters. The molecule has 5 nitrogen and oxygen atoms in total. The van der Waals surface area contributed by atoms with Gasteiger partial charge in [0, 0.05) is 25.2 Å². The van der Waals surface area contributed by atoms with E-state index in [9.17, 15) is 9.59 Å². The number of nitrogens with zero attached hydrogens (tertiary/aromatic N) is 1. The van der Waals surface area contributed by atoms with Gasteiger partial charge >= 0.3 is 11.8 Å². The van der Waals surface area contributed by atoms with Crippen LogP contribution in [-0.4, -0.2) is 41.9 Å². The molecule has 2 rings (SSSR count). The fraction of sp³-hybridized carbons (Fsp3) is 0.833. The number of likely N-dealkylation sites (tertiary alicyclic amines) is 1. The Labute approximate surface area is 102 Å². The zero-order valence-corrected chi connectivity index (χ0v) is 10.5. The largest absolute Gasteiger partial charge is 0.345 e. The molecule has 3 N–H and O–H groups in total. The van der Waals surface area contributed by atoms with Crippen molar-refractivity contribution in [1.29, 1.82) is 0 Å². The van der Waals surface area contributed by atoms with Crippen LogP contribution in [0.15, 0.2) is 0 Å². The third-order valence-electron chi connectivity index (χ3n) is 3.86. The molecule has 2 fully saturated rings. The fourth-order valence-electron chi connectivity index (χ4n) is 2.57. The van der Waals surface area contributed by atoms with E-state index in [1.807, 2.05) is 6.92 Å². The highest BCUT2D eigenvalue weighted by Gasteiger charge is 2.35. The molecule has 1 saturated carbocycles. The van der Waals surface area contributed by atoms with Gasteiger partial charge in [0.2, 0.25) is 0 Å². The maximum absolute atomic E-state index is 11.9. The van der Waals surface area contributed by atoms with Crippen molar-refractivity contribution in [2.75, 3.05) is 13.1 Å². The van der Waals surface area contributed by atoms with Gasteiger partial charge in [-0.15, -0.1) is 0 Å². The van der Waals surface area contributed by atoms with E-state index in [1.165, 1.54) is 0 Å². The van der Waals surface area contributed by atoms with E-state index in [0.29, 0.717) is 19.0 Å². The lowest BCUT2D eigenvalue weighted by Gasteiger charge is -2.33. The molecule has 2 amide bonds. The van der Waals surface area contributed by atoms with Crippen LogP contribution < -0.4 is 11.1 Å². The minimum absolute atomic E-state index is 0.00419. The first kappa shape index (κ1) is 12.4. The molecule has 2 unspecified atom stereocenters. The highest BCUT2D eigenvalue weighted by atomic mass is 16.2. The molecule has 0 aromatic heterocycles. The van der Waals surface area contributed by atoms with E-state index in [4.69, 9.17) is 5.73 Å². The lowest BCUT2D eigenvalue weighted by Crippen LogP contribution is -2.50. The van der Waals surface area contributed by atoms with Gasteiger partial charge in [0.05, 0.1) is 0 Å². The normalized spacial score (nSPS) is 36.5. The van der Waals surface area contributed by atoms with Gasteiger partial charge in [-0.3, -0.25) is 9.59 Å². The van der Waals surface area contributed by atoms with Gasteiger partial charge < -0.3 is 16.0 Å². The van der Waals surface area contributed by atoms with Crippen LogP contribution in [0, 0.1) is 11.8 Å². The summed E-state index contributed by atoms with van der Waals surface area (Å²) < 4.78 is 0. The summed E-state index contributed by atoms with van der Waals surface area (Å²) in [6.45, 7) is 5.23. The summed E-state index contributed by atoms with van der Waals surface area (Å²) in [6, 6.07) is 0.186. The summed E-state index contributed by atoms with van der Waals surface area (Å²) in [5.74, 6) is 0.0404. The average molecular weight is 239 g/mol. The van der Waals surface area contributed by atoms with Crippen LogP contribution in [0.3, 0.4) is 0 Å². The van der Waals surface area contributed by atoms with Gasteiger partial charge in [0.15, 0.2) is 0 Å². The molecular weight excluding hydrogens is 218 g/mol. The van der Waals surface area contributed by atoms with Gasteiger partial charge in [-0.1, -0.05) is 13.8 Å². The average Bonchev–Trinajstić information content (AvgIpc) is 2.56. The standard InChI is InChI=1S/C12H21N3O2/c1-7-3-9(4-7)14-11(16)12(17)15-5-8(2)10(13)6-15/h7-10H,3-6,13H2,1-2H3,(H,14,16). The lowest BCUT2D eigenvalue weighted by atomic mass is 9.82. The van der Waals surface area contributed by atoms with Crippen molar-refractivity contribution in [3.63, 3.8) is 0 Å². The zero-order chi connectivity index (χ0) is 12.6. The Kier molecular flexibility index (Phi) is 3.38. The predicted octanol–water partition coefficient (Wildman–Crippen LogP) is -0.293. The Morgan fingerprint density at radius 2 is 1.88 bits per heavy atom. The summed E-state index contributed by atoms with van der Waals surface area (Å²) in [4.78, 5) is 25.1. The number of carbonyl (C=O) groups excluding carboxylic acids is 2. The van der Waals surface area contributed by atoms with E-state index in [-0.39, 0.29) is 18.0 Å². The Bertz CT molecular complexity index is 316. The van der Waals surface area contributed by atoms with E-state index in [0.717, 1.165) is 12.8 Å². The highest BCUT2D eigenvalue weighted by Crippen LogP contribution is 2.26. The predicted molar refractivity (Wildman–Crippen MR) is 64.0 cm³/mol. The monoisotopic (exact) mass is 239 g/mol. The third kappa shape index (κ3) is 2.60. The Balaban J connectivity index is 1.81. The maximum atomic E-state index is 11.9. The number of hydrogen-bond donors (Lipinski definition) is 2. The zero-order valence-electron chi connectivity index (χ0n) is 10.5. The van der Waals surface area contributed by atoms with Crippen molar-refractivity contribution in [3.8, 4) is 0 Å². The molecule has 1 heterocycles. The quantitative estimate of drug-likeness (QED) is 0.617. The molecule has 1 aliphatic heterocycles. The summed E-state index contributed by atoms with van der Waals surface area (Å²) >= 11 is 0. The van der Waals surface area contributed by atoms with Crippen molar-refractivity contribution in [1.82, 2.24) is 10.2 Å². The maximum Gasteiger partial charge on any atom is 0.311 e. The van der Waals surface area contributed by atoms with Crippen molar-refractivity contribution in [2.24, 2.45) is 17.6 Å². The molecule has 0 aromatic rings. The molecule has 1 aliphatic carbocycles. The van der Waals surface area contributed by atoms with Crippen LogP contribution in [0.5, 0.6) is 0 Å². The number of rotatable bonds is 1. The SMILES string of the molecule is CC1CC(NC(=O)C(=O)N2CC(C)C(N)C2)C1.